The van der Waals surface area contributed by atoms with E-state index in [1.165, 1.54) is 16.4 Å². The second kappa shape index (κ2) is 8.86. The minimum atomic E-state index is -3.50. The number of nitriles is 1. The summed E-state index contributed by atoms with van der Waals surface area (Å²) < 4.78 is 42.8. The monoisotopic (exact) mass is 388 g/mol. The van der Waals surface area contributed by atoms with Crippen molar-refractivity contribution in [2.24, 2.45) is 0 Å². The minimum absolute atomic E-state index is 0.237. The van der Waals surface area contributed by atoms with E-state index in [4.69, 9.17) is 19.5 Å². The first-order valence-corrected chi connectivity index (χ1v) is 9.97. The molecule has 1 fully saturated rings. The number of rotatable bonds is 7. The van der Waals surface area contributed by atoms with Gasteiger partial charge < -0.3 is 14.2 Å². The highest BCUT2D eigenvalue weighted by atomic mass is 32.2. The van der Waals surface area contributed by atoms with Crippen molar-refractivity contribution < 1.29 is 22.6 Å². The largest absolute Gasteiger partial charge is 0.490 e. The number of morpholine rings is 1. The summed E-state index contributed by atoms with van der Waals surface area (Å²) in [6.07, 6.45) is 0. The van der Waals surface area contributed by atoms with Crippen LogP contribution < -0.4 is 9.47 Å². The smallest absolute Gasteiger partial charge is 0.243 e. The van der Waals surface area contributed by atoms with Crippen molar-refractivity contribution in [1.29, 1.82) is 5.26 Å². The molecule has 0 amide bonds. The lowest BCUT2D eigenvalue weighted by molar-refractivity contribution is 0.0730. The van der Waals surface area contributed by atoms with Crippen molar-refractivity contribution >= 4 is 10.0 Å². The van der Waals surface area contributed by atoms with Crippen LogP contribution in [0, 0.1) is 11.3 Å². The third-order valence-electron chi connectivity index (χ3n) is 4.02. The summed E-state index contributed by atoms with van der Waals surface area (Å²) in [7, 11) is -3.50. The third-order valence-corrected chi connectivity index (χ3v) is 5.93. The molecule has 0 atom stereocenters. The van der Waals surface area contributed by atoms with Crippen molar-refractivity contribution in [2.45, 2.75) is 4.90 Å². The van der Waals surface area contributed by atoms with Crippen LogP contribution in [0.1, 0.15) is 5.56 Å². The molecule has 0 unspecified atom stereocenters. The molecule has 142 valence electrons. The highest BCUT2D eigenvalue weighted by molar-refractivity contribution is 7.89. The lowest BCUT2D eigenvalue weighted by atomic mass is 10.2. The zero-order valence-electron chi connectivity index (χ0n) is 14.7. The van der Waals surface area contributed by atoms with Gasteiger partial charge in [-0.1, -0.05) is 6.07 Å². The Morgan fingerprint density at radius 1 is 1.00 bits per heavy atom. The second-order valence-electron chi connectivity index (χ2n) is 5.82. The molecule has 0 bridgehead atoms. The highest BCUT2D eigenvalue weighted by Crippen LogP contribution is 2.20. The van der Waals surface area contributed by atoms with E-state index >= 15 is 0 Å². The molecule has 2 aromatic rings. The maximum atomic E-state index is 12.6. The Morgan fingerprint density at radius 2 is 1.67 bits per heavy atom. The molecule has 1 aliphatic rings. The molecule has 0 aliphatic carbocycles. The maximum Gasteiger partial charge on any atom is 0.243 e. The highest BCUT2D eigenvalue weighted by Gasteiger charge is 2.26. The molecular weight excluding hydrogens is 368 g/mol. The zero-order valence-corrected chi connectivity index (χ0v) is 15.5. The van der Waals surface area contributed by atoms with Crippen LogP contribution >= 0.6 is 0 Å². The quantitative estimate of drug-likeness (QED) is 0.675. The second-order valence-corrected chi connectivity index (χ2v) is 7.76. The van der Waals surface area contributed by atoms with E-state index in [1.807, 2.05) is 0 Å². The molecule has 0 saturated carbocycles. The molecule has 1 saturated heterocycles. The number of sulfonamides is 1. The first-order valence-electron chi connectivity index (χ1n) is 8.53. The number of hydrogen-bond acceptors (Lipinski definition) is 6. The molecule has 2 aromatic carbocycles. The molecule has 8 heteroatoms. The maximum absolute atomic E-state index is 12.6. The Hall–Kier alpha value is -2.60. The normalized spacial score (nSPS) is 15.1. The predicted octanol–water partition coefficient (Wildman–Crippen LogP) is 2.04. The minimum Gasteiger partial charge on any atom is -0.490 e. The van der Waals surface area contributed by atoms with Crippen molar-refractivity contribution in [1.82, 2.24) is 4.31 Å². The van der Waals surface area contributed by atoms with E-state index in [9.17, 15) is 8.42 Å². The molecule has 0 N–H and O–H groups in total. The number of hydrogen-bond donors (Lipinski definition) is 0. The predicted molar refractivity (Wildman–Crippen MR) is 98.2 cm³/mol. The lowest BCUT2D eigenvalue weighted by Gasteiger charge is -2.26. The van der Waals surface area contributed by atoms with Gasteiger partial charge in [-0.3, -0.25) is 0 Å². The van der Waals surface area contributed by atoms with Gasteiger partial charge >= 0.3 is 0 Å². The molecule has 27 heavy (non-hydrogen) atoms. The van der Waals surface area contributed by atoms with Crippen LogP contribution in [0.4, 0.5) is 0 Å². The van der Waals surface area contributed by atoms with Crippen LogP contribution in [-0.4, -0.2) is 52.2 Å². The summed E-state index contributed by atoms with van der Waals surface area (Å²) in [6, 6.07) is 15.3. The van der Waals surface area contributed by atoms with Gasteiger partial charge in [-0.25, -0.2) is 8.42 Å². The standard InChI is InChI=1S/C19H20N2O5S/c20-15-16-2-1-3-18(14-16)26-13-12-25-17-4-6-19(7-5-17)27(22,23)21-8-10-24-11-9-21/h1-7,14H,8-13H2. The number of ether oxygens (including phenoxy) is 3. The molecule has 1 heterocycles. The van der Waals surface area contributed by atoms with Crippen molar-refractivity contribution in [3.63, 3.8) is 0 Å². The summed E-state index contributed by atoms with van der Waals surface area (Å²) in [5.74, 6) is 1.16. The van der Waals surface area contributed by atoms with E-state index in [0.717, 1.165) is 0 Å². The Balaban J connectivity index is 1.51. The van der Waals surface area contributed by atoms with Crippen molar-refractivity contribution in [3.05, 3.63) is 54.1 Å². The van der Waals surface area contributed by atoms with E-state index < -0.39 is 10.0 Å². The third kappa shape index (κ3) is 4.98. The van der Waals surface area contributed by atoms with E-state index in [0.29, 0.717) is 56.6 Å². The fraction of sp³-hybridized carbons (Fsp3) is 0.316. The summed E-state index contributed by atoms with van der Waals surface area (Å²) in [5.41, 5.74) is 0.533. The van der Waals surface area contributed by atoms with Crippen molar-refractivity contribution in [2.75, 3.05) is 39.5 Å². The fourth-order valence-corrected chi connectivity index (χ4v) is 4.03. The van der Waals surface area contributed by atoms with Gasteiger partial charge in [-0.15, -0.1) is 0 Å². The van der Waals surface area contributed by atoms with Gasteiger partial charge in [0.15, 0.2) is 0 Å². The zero-order chi connectivity index (χ0) is 19.1. The van der Waals surface area contributed by atoms with Crippen LogP contribution in [-0.2, 0) is 14.8 Å². The van der Waals surface area contributed by atoms with Gasteiger partial charge in [0.05, 0.1) is 29.7 Å². The van der Waals surface area contributed by atoms with Gasteiger partial charge in [-0.2, -0.15) is 9.57 Å². The van der Waals surface area contributed by atoms with E-state index in [1.54, 1.807) is 36.4 Å². The van der Waals surface area contributed by atoms with Gasteiger partial charge in [0.25, 0.3) is 0 Å². The summed E-state index contributed by atoms with van der Waals surface area (Å²) in [5, 5.41) is 8.86. The van der Waals surface area contributed by atoms with E-state index in [-0.39, 0.29) is 4.90 Å². The van der Waals surface area contributed by atoms with Gasteiger partial charge in [-0.05, 0) is 42.5 Å². The average molecular weight is 388 g/mol. The topological polar surface area (TPSA) is 88.9 Å². The molecule has 0 aromatic heterocycles. The van der Waals surface area contributed by atoms with Crippen LogP contribution in [0.15, 0.2) is 53.4 Å². The summed E-state index contributed by atoms with van der Waals surface area (Å²) >= 11 is 0. The van der Waals surface area contributed by atoms with Crippen LogP contribution in [0.3, 0.4) is 0 Å². The van der Waals surface area contributed by atoms with Gasteiger partial charge in [0, 0.05) is 13.1 Å². The van der Waals surface area contributed by atoms with Crippen LogP contribution in [0.5, 0.6) is 11.5 Å². The molecule has 7 nitrogen and oxygen atoms in total. The fourth-order valence-electron chi connectivity index (χ4n) is 2.62. The number of nitrogens with zero attached hydrogens (tertiary/aromatic N) is 2. The molecule has 1 aliphatic heterocycles. The Kier molecular flexibility index (Phi) is 6.29. The van der Waals surface area contributed by atoms with E-state index in [2.05, 4.69) is 6.07 Å². The molecule has 3 rings (SSSR count). The first-order chi connectivity index (χ1) is 13.1. The lowest BCUT2D eigenvalue weighted by Crippen LogP contribution is -2.40. The first kappa shape index (κ1) is 19.2. The van der Waals surface area contributed by atoms with Gasteiger partial charge in [0.1, 0.15) is 24.7 Å². The molecule has 0 spiro atoms. The summed E-state index contributed by atoms with van der Waals surface area (Å²) in [6.45, 7) is 2.17. The Bertz CT molecular complexity index is 900. The average Bonchev–Trinajstić information content (AvgIpc) is 2.72. The Labute approximate surface area is 158 Å². The van der Waals surface area contributed by atoms with Crippen LogP contribution in [0.2, 0.25) is 0 Å². The molecular formula is C19H20N2O5S. The van der Waals surface area contributed by atoms with Crippen molar-refractivity contribution in [3.8, 4) is 17.6 Å². The Morgan fingerprint density at radius 3 is 2.33 bits per heavy atom. The number of benzene rings is 2. The molecule has 0 radical (unpaired) electrons. The van der Waals surface area contributed by atoms with Gasteiger partial charge in [0.2, 0.25) is 10.0 Å². The summed E-state index contributed by atoms with van der Waals surface area (Å²) in [4.78, 5) is 0.237. The van der Waals surface area contributed by atoms with Crippen LogP contribution in [0.25, 0.3) is 0 Å². The SMILES string of the molecule is N#Cc1cccc(OCCOc2ccc(S(=O)(=O)N3CCOCC3)cc2)c1.